The smallest absolute Gasteiger partial charge is 0.0329 e. The molecule has 2 aliphatic rings. The summed E-state index contributed by atoms with van der Waals surface area (Å²) in [4.78, 5) is 0. The Morgan fingerprint density at radius 3 is 1.41 bits per heavy atom. The average molecular weight is 236 g/mol. The van der Waals surface area contributed by atoms with Crippen LogP contribution in [-0.4, -0.2) is 0 Å². The summed E-state index contributed by atoms with van der Waals surface area (Å²) in [5, 5.41) is 0. The van der Waals surface area contributed by atoms with E-state index in [1.807, 2.05) is 0 Å². The molecule has 0 spiro atoms. The molecular formula is C17H32. The molecule has 0 aromatic heterocycles. The Kier molecular flexibility index (Phi) is 4.21. The maximum atomic E-state index is 2.54. The Hall–Kier alpha value is 0. The fourth-order valence-corrected chi connectivity index (χ4v) is 4.99. The maximum absolute atomic E-state index is 2.54. The minimum absolute atomic E-state index is 0.917. The van der Waals surface area contributed by atoms with Crippen molar-refractivity contribution in [2.45, 2.75) is 66.7 Å². The lowest BCUT2D eigenvalue weighted by molar-refractivity contribution is -0.0206. The van der Waals surface area contributed by atoms with E-state index >= 15 is 0 Å². The van der Waals surface area contributed by atoms with E-state index in [-0.39, 0.29) is 0 Å². The predicted molar refractivity (Wildman–Crippen MR) is 75.9 cm³/mol. The minimum Gasteiger partial charge on any atom is -0.0620 e. The van der Waals surface area contributed by atoms with Gasteiger partial charge in [-0.25, -0.2) is 0 Å². The van der Waals surface area contributed by atoms with Crippen molar-refractivity contribution < 1.29 is 0 Å². The molecule has 0 aromatic rings. The molecule has 0 heterocycles. The Bertz CT molecular complexity index is 220. The molecule has 0 heteroatoms. The van der Waals surface area contributed by atoms with Gasteiger partial charge in [0.2, 0.25) is 0 Å². The zero-order valence-corrected chi connectivity index (χ0v) is 12.6. The maximum Gasteiger partial charge on any atom is -0.0329 e. The van der Waals surface area contributed by atoms with Gasteiger partial charge in [0.1, 0.15) is 0 Å². The molecule has 2 fully saturated rings. The summed E-state index contributed by atoms with van der Waals surface area (Å²) in [6.07, 6.45) is 7.53. The summed E-state index contributed by atoms with van der Waals surface area (Å²) in [6.45, 7) is 12.6. The Morgan fingerprint density at radius 1 is 0.529 bits per heavy atom. The Balaban J connectivity index is 2.13. The van der Waals surface area contributed by atoms with E-state index in [0.717, 1.165) is 41.4 Å². The molecule has 0 bridgehead atoms. The Labute approximate surface area is 109 Å². The molecular weight excluding hydrogens is 204 g/mol. The first-order valence-electron chi connectivity index (χ1n) is 8.04. The Morgan fingerprint density at radius 2 is 0.941 bits per heavy atom. The molecule has 4 atom stereocenters. The highest BCUT2D eigenvalue weighted by atomic mass is 14.5. The molecule has 0 nitrogen and oxygen atoms in total. The summed E-state index contributed by atoms with van der Waals surface area (Å²) in [5.74, 6) is 6.71. The summed E-state index contributed by atoms with van der Waals surface area (Å²) in [7, 11) is 0. The molecule has 0 radical (unpaired) electrons. The van der Waals surface area contributed by atoms with Crippen LogP contribution >= 0.6 is 0 Å². The molecule has 4 unspecified atom stereocenters. The van der Waals surface area contributed by atoms with Gasteiger partial charge < -0.3 is 0 Å². The van der Waals surface area contributed by atoms with Crippen molar-refractivity contribution in [1.29, 1.82) is 0 Å². The predicted octanol–water partition coefficient (Wildman–Crippen LogP) is 5.38. The molecule has 2 saturated carbocycles. The van der Waals surface area contributed by atoms with Crippen LogP contribution in [0.2, 0.25) is 0 Å². The van der Waals surface area contributed by atoms with Gasteiger partial charge in [-0.3, -0.25) is 0 Å². The second-order valence-corrected chi connectivity index (χ2v) is 7.27. The van der Waals surface area contributed by atoms with Gasteiger partial charge in [0.05, 0.1) is 0 Å². The second kappa shape index (κ2) is 5.33. The number of hydrogen-bond donors (Lipinski definition) is 0. The molecule has 0 saturated heterocycles. The topological polar surface area (TPSA) is 0 Å². The fraction of sp³-hybridized carbons (Fsp3) is 1.00. The lowest BCUT2D eigenvalue weighted by Crippen LogP contribution is -2.44. The zero-order valence-electron chi connectivity index (χ0n) is 12.6. The van der Waals surface area contributed by atoms with E-state index in [4.69, 9.17) is 0 Å². The lowest BCUT2D eigenvalue weighted by atomic mass is 9.55. The zero-order chi connectivity index (χ0) is 12.6. The summed E-state index contributed by atoms with van der Waals surface area (Å²) in [6, 6.07) is 0. The van der Waals surface area contributed by atoms with Crippen LogP contribution in [0.15, 0.2) is 0 Å². The molecule has 17 heavy (non-hydrogen) atoms. The average Bonchev–Trinajstić information content (AvgIpc) is 2.36. The van der Waals surface area contributed by atoms with Crippen molar-refractivity contribution >= 4 is 0 Å². The van der Waals surface area contributed by atoms with Crippen LogP contribution in [0, 0.1) is 41.4 Å². The third-order valence-corrected chi connectivity index (χ3v) is 6.73. The van der Waals surface area contributed by atoms with Crippen molar-refractivity contribution in [1.82, 2.24) is 0 Å². The highest BCUT2D eigenvalue weighted by molar-refractivity contribution is 4.92. The van der Waals surface area contributed by atoms with E-state index in [9.17, 15) is 0 Å². The standard InChI is InChI=1S/C17H32/c1-11-12(2)14(4)17(15(5)13(11)3)16-9-7-6-8-10-16/h11-17H,6-10H2,1-5H3. The van der Waals surface area contributed by atoms with Crippen LogP contribution in [0.25, 0.3) is 0 Å². The molecule has 2 aliphatic carbocycles. The van der Waals surface area contributed by atoms with E-state index in [2.05, 4.69) is 34.6 Å². The van der Waals surface area contributed by atoms with Gasteiger partial charge in [0, 0.05) is 0 Å². The van der Waals surface area contributed by atoms with Crippen LogP contribution in [0.3, 0.4) is 0 Å². The van der Waals surface area contributed by atoms with Gasteiger partial charge in [0.25, 0.3) is 0 Å². The first kappa shape index (κ1) is 13.4. The van der Waals surface area contributed by atoms with E-state index < -0.39 is 0 Å². The minimum atomic E-state index is 0.917. The number of hydrogen-bond acceptors (Lipinski definition) is 0. The van der Waals surface area contributed by atoms with Gasteiger partial charge in [-0.05, 0) is 41.4 Å². The quantitative estimate of drug-likeness (QED) is 0.573. The molecule has 0 amide bonds. The largest absolute Gasteiger partial charge is 0.0620 e. The summed E-state index contributed by atoms with van der Waals surface area (Å²) >= 11 is 0. The monoisotopic (exact) mass is 236 g/mol. The van der Waals surface area contributed by atoms with Gasteiger partial charge in [-0.1, -0.05) is 66.7 Å². The van der Waals surface area contributed by atoms with E-state index in [1.54, 1.807) is 0 Å². The third-order valence-electron chi connectivity index (χ3n) is 6.73. The third kappa shape index (κ3) is 2.42. The molecule has 0 N–H and O–H groups in total. The van der Waals surface area contributed by atoms with Gasteiger partial charge in [-0.15, -0.1) is 0 Å². The van der Waals surface area contributed by atoms with Crippen LogP contribution in [-0.2, 0) is 0 Å². The van der Waals surface area contributed by atoms with Crippen molar-refractivity contribution in [2.75, 3.05) is 0 Å². The van der Waals surface area contributed by atoms with Gasteiger partial charge in [-0.2, -0.15) is 0 Å². The van der Waals surface area contributed by atoms with Gasteiger partial charge >= 0.3 is 0 Å². The SMILES string of the molecule is CC1C(C)C(C)C(C2CCCCC2)C(C)C1C. The van der Waals surface area contributed by atoms with Crippen molar-refractivity contribution in [3.05, 3.63) is 0 Å². The van der Waals surface area contributed by atoms with Crippen molar-refractivity contribution in [3.8, 4) is 0 Å². The number of rotatable bonds is 1. The van der Waals surface area contributed by atoms with E-state index in [1.165, 1.54) is 32.1 Å². The molecule has 100 valence electrons. The van der Waals surface area contributed by atoms with Crippen molar-refractivity contribution in [2.24, 2.45) is 41.4 Å². The van der Waals surface area contributed by atoms with Crippen molar-refractivity contribution in [3.63, 3.8) is 0 Å². The lowest BCUT2D eigenvalue weighted by Gasteiger charge is -2.51. The van der Waals surface area contributed by atoms with Crippen LogP contribution < -0.4 is 0 Å². The summed E-state index contributed by atoms with van der Waals surface area (Å²) in [5.41, 5.74) is 0. The first-order valence-corrected chi connectivity index (χ1v) is 8.04. The second-order valence-electron chi connectivity index (χ2n) is 7.27. The van der Waals surface area contributed by atoms with Crippen LogP contribution in [0.1, 0.15) is 66.7 Å². The van der Waals surface area contributed by atoms with Gasteiger partial charge in [0.15, 0.2) is 0 Å². The molecule has 0 aliphatic heterocycles. The van der Waals surface area contributed by atoms with E-state index in [0.29, 0.717) is 0 Å². The fourth-order valence-electron chi connectivity index (χ4n) is 4.99. The summed E-state index contributed by atoms with van der Waals surface area (Å²) < 4.78 is 0. The normalized spacial score (nSPS) is 49.2. The first-order chi connectivity index (χ1) is 8.04. The highest BCUT2D eigenvalue weighted by Crippen LogP contribution is 2.50. The molecule has 0 aromatic carbocycles. The molecule has 2 rings (SSSR count). The van der Waals surface area contributed by atoms with Crippen LogP contribution in [0.4, 0.5) is 0 Å². The van der Waals surface area contributed by atoms with Crippen LogP contribution in [0.5, 0.6) is 0 Å². The highest BCUT2D eigenvalue weighted by Gasteiger charge is 2.44.